The van der Waals surface area contributed by atoms with E-state index in [1.807, 2.05) is 19.1 Å². The lowest BCUT2D eigenvalue weighted by Gasteiger charge is -2.27. The molecule has 0 radical (unpaired) electrons. The van der Waals surface area contributed by atoms with Gasteiger partial charge in [0.15, 0.2) is 0 Å². The molecular formula is C17H22N4. The summed E-state index contributed by atoms with van der Waals surface area (Å²) in [5.74, 6) is 1.82. The molecule has 21 heavy (non-hydrogen) atoms. The molecule has 1 unspecified atom stereocenters. The molecule has 1 aliphatic carbocycles. The summed E-state index contributed by atoms with van der Waals surface area (Å²) in [6.45, 7) is 4.10. The van der Waals surface area contributed by atoms with Crippen molar-refractivity contribution in [2.24, 2.45) is 0 Å². The van der Waals surface area contributed by atoms with Gasteiger partial charge in [0.25, 0.3) is 0 Å². The predicted molar refractivity (Wildman–Crippen MR) is 86.3 cm³/mol. The Morgan fingerprint density at radius 3 is 2.95 bits per heavy atom. The van der Waals surface area contributed by atoms with E-state index in [2.05, 4.69) is 34.3 Å². The van der Waals surface area contributed by atoms with E-state index in [1.165, 1.54) is 17.5 Å². The SMILES string of the molecule is CCc1nc(C)cc(NC2CCCc3cc(N)ccc32)n1. The van der Waals surface area contributed by atoms with Crippen LogP contribution in [0.1, 0.15) is 48.5 Å². The number of nitrogen functional groups attached to an aromatic ring is 1. The van der Waals surface area contributed by atoms with E-state index in [0.717, 1.165) is 42.3 Å². The highest BCUT2D eigenvalue weighted by Crippen LogP contribution is 2.33. The van der Waals surface area contributed by atoms with Crippen LogP contribution in [-0.4, -0.2) is 9.97 Å². The average Bonchev–Trinajstić information content (AvgIpc) is 2.46. The van der Waals surface area contributed by atoms with Crippen molar-refractivity contribution >= 4 is 11.5 Å². The minimum absolute atomic E-state index is 0.313. The summed E-state index contributed by atoms with van der Waals surface area (Å²) in [5.41, 5.74) is 10.5. The molecule has 0 bridgehead atoms. The fraction of sp³-hybridized carbons (Fsp3) is 0.412. The maximum absolute atomic E-state index is 5.90. The second-order valence-corrected chi connectivity index (χ2v) is 5.71. The first-order valence-electron chi connectivity index (χ1n) is 7.65. The lowest BCUT2D eigenvalue weighted by molar-refractivity contribution is 0.598. The minimum Gasteiger partial charge on any atom is -0.399 e. The maximum Gasteiger partial charge on any atom is 0.130 e. The first-order chi connectivity index (χ1) is 10.2. The second-order valence-electron chi connectivity index (χ2n) is 5.71. The smallest absolute Gasteiger partial charge is 0.130 e. The van der Waals surface area contributed by atoms with E-state index in [9.17, 15) is 0 Å². The Kier molecular flexibility index (Phi) is 3.78. The zero-order chi connectivity index (χ0) is 14.8. The third-order valence-electron chi connectivity index (χ3n) is 4.02. The van der Waals surface area contributed by atoms with E-state index in [0.29, 0.717) is 6.04 Å². The third kappa shape index (κ3) is 2.99. The van der Waals surface area contributed by atoms with E-state index < -0.39 is 0 Å². The van der Waals surface area contributed by atoms with E-state index in [4.69, 9.17) is 5.73 Å². The van der Waals surface area contributed by atoms with Gasteiger partial charge in [0, 0.05) is 23.9 Å². The van der Waals surface area contributed by atoms with Crippen LogP contribution in [0.15, 0.2) is 24.3 Å². The van der Waals surface area contributed by atoms with Crippen molar-refractivity contribution in [1.29, 1.82) is 0 Å². The number of fused-ring (bicyclic) bond motifs is 1. The van der Waals surface area contributed by atoms with Gasteiger partial charge < -0.3 is 11.1 Å². The van der Waals surface area contributed by atoms with E-state index >= 15 is 0 Å². The molecule has 1 aromatic carbocycles. The van der Waals surface area contributed by atoms with Crippen LogP contribution < -0.4 is 11.1 Å². The van der Waals surface area contributed by atoms with Gasteiger partial charge in [0.05, 0.1) is 6.04 Å². The number of nitrogens with two attached hydrogens (primary N) is 1. The van der Waals surface area contributed by atoms with Crippen molar-refractivity contribution < 1.29 is 0 Å². The van der Waals surface area contributed by atoms with Crippen LogP contribution >= 0.6 is 0 Å². The van der Waals surface area contributed by atoms with Gasteiger partial charge in [0.1, 0.15) is 11.6 Å². The molecule has 0 fully saturated rings. The number of rotatable bonds is 3. The number of hydrogen-bond donors (Lipinski definition) is 2. The first-order valence-corrected chi connectivity index (χ1v) is 7.65. The monoisotopic (exact) mass is 282 g/mol. The normalized spacial score (nSPS) is 17.3. The Morgan fingerprint density at radius 1 is 1.29 bits per heavy atom. The van der Waals surface area contributed by atoms with Crippen LogP contribution in [0.4, 0.5) is 11.5 Å². The van der Waals surface area contributed by atoms with E-state index in [-0.39, 0.29) is 0 Å². The molecule has 1 aromatic heterocycles. The molecule has 3 rings (SSSR count). The number of benzene rings is 1. The maximum atomic E-state index is 5.90. The lowest BCUT2D eigenvalue weighted by Crippen LogP contribution is -2.18. The number of aromatic nitrogens is 2. The lowest BCUT2D eigenvalue weighted by atomic mass is 9.87. The molecular weight excluding hydrogens is 260 g/mol. The zero-order valence-electron chi connectivity index (χ0n) is 12.7. The van der Waals surface area contributed by atoms with Crippen LogP contribution in [0.25, 0.3) is 0 Å². The Hall–Kier alpha value is -2.10. The second kappa shape index (κ2) is 5.72. The van der Waals surface area contributed by atoms with Gasteiger partial charge in [0.2, 0.25) is 0 Å². The van der Waals surface area contributed by atoms with Crippen LogP contribution in [0.2, 0.25) is 0 Å². The molecule has 1 heterocycles. The summed E-state index contributed by atoms with van der Waals surface area (Å²) < 4.78 is 0. The van der Waals surface area contributed by atoms with Crippen LogP contribution in [0, 0.1) is 6.92 Å². The van der Waals surface area contributed by atoms with Crippen molar-refractivity contribution in [3.8, 4) is 0 Å². The number of aryl methyl sites for hydroxylation is 3. The minimum atomic E-state index is 0.313. The van der Waals surface area contributed by atoms with Crippen LogP contribution in [0.3, 0.4) is 0 Å². The summed E-state index contributed by atoms with van der Waals surface area (Å²) in [4.78, 5) is 9.02. The fourth-order valence-corrected chi connectivity index (χ4v) is 3.02. The number of nitrogens with zero attached hydrogens (tertiary/aromatic N) is 2. The largest absolute Gasteiger partial charge is 0.399 e. The van der Waals surface area contributed by atoms with Crippen molar-refractivity contribution in [2.75, 3.05) is 11.1 Å². The summed E-state index contributed by atoms with van der Waals surface area (Å²) >= 11 is 0. The molecule has 3 N–H and O–H groups in total. The van der Waals surface area contributed by atoms with Crippen LogP contribution in [-0.2, 0) is 12.8 Å². The Labute approximate surface area is 125 Å². The Balaban J connectivity index is 1.88. The van der Waals surface area contributed by atoms with Gasteiger partial charge in [-0.1, -0.05) is 13.0 Å². The molecule has 0 aliphatic heterocycles. The van der Waals surface area contributed by atoms with Crippen molar-refractivity contribution in [3.63, 3.8) is 0 Å². The van der Waals surface area contributed by atoms with Gasteiger partial charge in [-0.2, -0.15) is 0 Å². The highest BCUT2D eigenvalue weighted by molar-refractivity contribution is 5.49. The van der Waals surface area contributed by atoms with Crippen molar-refractivity contribution in [2.45, 2.75) is 45.6 Å². The molecule has 2 aromatic rings. The molecule has 1 atom stereocenters. The van der Waals surface area contributed by atoms with Gasteiger partial charge in [-0.3, -0.25) is 0 Å². The van der Waals surface area contributed by atoms with Gasteiger partial charge in [-0.15, -0.1) is 0 Å². The van der Waals surface area contributed by atoms with Crippen LogP contribution in [0.5, 0.6) is 0 Å². The molecule has 0 saturated heterocycles. The molecule has 4 heteroatoms. The van der Waals surface area contributed by atoms with Crippen molar-refractivity contribution in [1.82, 2.24) is 9.97 Å². The first kappa shape index (κ1) is 13.9. The van der Waals surface area contributed by atoms with Gasteiger partial charge in [-0.05, 0) is 49.4 Å². The molecule has 1 aliphatic rings. The summed E-state index contributed by atoms with van der Waals surface area (Å²) in [5, 5.41) is 3.58. The zero-order valence-corrected chi connectivity index (χ0v) is 12.7. The fourth-order valence-electron chi connectivity index (χ4n) is 3.02. The van der Waals surface area contributed by atoms with E-state index in [1.54, 1.807) is 0 Å². The van der Waals surface area contributed by atoms with Crippen molar-refractivity contribution in [3.05, 3.63) is 46.9 Å². The number of nitrogens with one attached hydrogen (secondary N) is 1. The predicted octanol–water partition coefficient (Wildman–Crippen LogP) is 3.42. The average molecular weight is 282 g/mol. The molecule has 4 nitrogen and oxygen atoms in total. The number of anilines is 2. The Morgan fingerprint density at radius 2 is 2.14 bits per heavy atom. The third-order valence-corrected chi connectivity index (χ3v) is 4.02. The Bertz CT molecular complexity index is 651. The summed E-state index contributed by atoms with van der Waals surface area (Å²) in [6, 6.07) is 8.57. The molecule has 0 amide bonds. The topological polar surface area (TPSA) is 63.8 Å². The quantitative estimate of drug-likeness (QED) is 0.847. The molecule has 110 valence electrons. The van der Waals surface area contributed by atoms with Gasteiger partial charge in [-0.25, -0.2) is 9.97 Å². The van der Waals surface area contributed by atoms with Gasteiger partial charge >= 0.3 is 0 Å². The summed E-state index contributed by atoms with van der Waals surface area (Å²) in [7, 11) is 0. The standard InChI is InChI=1S/C17H22N4/c1-3-16-19-11(2)9-17(21-16)20-15-6-4-5-12-10-13(18)7-8-14(12)15/h7-10,15H,3-6,18H2,1-2H3,(H,19,20,21). The molecule has 0 spiro atoms. The highest BCUT2D eigenvalue weighted by atomic mass is 15.0. The highest BCUT2D eigenvalue weighted by Gasteiger charge is 2.20. The summed E-state index contributed by atoms with van der Waals surface area (Å²) in [6.07, 6.45) is 4.27. The molecule has 0 saturated carbocycles. The number of hydrogen-bond acceptors (Lipinski definition) is 4.